The van der Waals surface area contributed by atoms with Crippen molar-refractivity contribution >= 4 is 5.96 Å². The van der Waals surface area contributed by atoms with Gasteiger partial charge < -0.3 is 20.1 Å². The van der Waals surface area contributed by atoms with Gasteiger partial charge in [-0.25, -0.2) is 0 Å². The molecule has 1 aliphatic rings. The van der Waals surface area contributed by atoms with Crippen LogP contribution in [0.2, 0.25) is 0 Å². The van der Waals surface area contributed by atoms with Gasteiger partial charge in [-0.2, -0.15) is 0 Å². The Kier molecular flexibility index (Phi) is 10.8. The summed E-state index contributed by atoms with van der Waals surface area (Å²) in [5.41, 5.74) is 1.49. The van der Waals surface area contributed by atoms with E-state index in [1.54, 1.807) is 0 Å². The Morgan fingerprint density at radius 2 is 2.24 bits per heavy atom. The second-order valence-electron chi connectivity index (χ2n) is 5.03. The first-order chi connectivity index (χ1) is 10.4. The number of hydrogen-bond acceptors (Lipinski definition) is 3. The first-order valence-electron chi connectivity index (χ1n) is 8.22. The molecule has 0 aliphatic carbocycles. The zero-order valence-corrected chi connectivity index (χ0v) is 13.6. The maximum Gasteiger partial charge on any atom is 0.191 e. The van der Waals surface area contributed by atoms with E-state index < -0.39 is 0 Å². The second-order valence-corrected chi connectivity index (χ2v) is 5.03. The third-order valence-corrected chi connectivity index (χ3v) is 3.31. The summed E-state index contributed by atoms with van der Waals surface area (Å²) in [5.74, 6) is 0.918. The largest absolute Gasteiger partial charge is 0.382 e. The number of guanidine groups is 1. The molecule has 0 amide bonds. The van der Waals surface area contributed by atoms with E-state index >= 15 is 0 Å². The summed E-state index contributed by atoms with van der Waals surface area (Å²) < 4.78 is 10.6. The van der Waals surface area contributed by atoms with E-state index in [-0.39, 0.29) is 0 Å². The van der Waals surface area contributed by atoms with E-state index in [9.17, 15) is 0 Å². The molecule has 0 saturated heterocycles. The van der Waals surface area contributed by atoms with Crippen molar-refractivity contribution < 1.29 is 9.47 Å². The summed E-state index contributed by atoms with van der Waals surface area (Å²) in [7, 11) is 0. The second kappa shape index (κ2) is 12.7. The lowest BCUT2D eigenvalue weighted by Crippen LogP contribution is -2.38. The number of unbranched alkanes of at least 4 members (excludes halogenated alkanes) is 1. The highest BCUT2D eigenvalue weighted by molar-refractivity contribution is 5.79. The third kappa shape index (κ3) is 9.47. The molecule has 0 fully saturated rings. The highest BCUT2D eigenvalue weighted by Crippen LogP contribution is 2.10. The Bertz CT molecular complexity index is 317. The quantitative estimate of drug-likeness (QED) is 0.281. The zero-order valence-electron chi connectivity index (χ0n) is 13.6. The van der Waals surface area contributed by atoms with Crippen molar-refractivity contribution in [2.45, 2.75) is 39.5 Å². The number of nitrogens with one attached hydrogen (secondary N) is 2. The van der Waals surface area contributed by atoms with Gasteiger partial charge in [-0.15, -0.1) is 0 Å². The van der Waals surface area contributed by atoms with Gasteiger partial charge in [0.15, 0.2) is 5.96 Å². The molecule has 0 aromatic carbocycles. The van der Waals surface area contributed by atoms with Crippen LogP contribution in [0.25, 0.3) is 0 Å². The van der Waals surface area contributed by atoms with Crippen molar-refractivity contribution in [1.29, 1.82) is 0 Å². The zero-order chi connectivity index (χ0) is 15.2. The molecule has 0 aromatic rings. The van der Waals surface area contributed by atoms with Crippen LogP contribution in [-0.4, -0.2) is 52.0 Å². The van der Waals surface area contributed by atoms with Crippen LogP contribution in [0.4, 0.5) is 0 Å². The summed E-state index contributed by atoms with van der Waals surface area (Å²) in [5, 5.41) is 6.68. The Balaban J connectivity index is 2.16. The Morgan fingerprint density at radius 1 is 1.33 bits per heavy atom. The molecule has 0 saturated carbocycles. The average molecular weight is 297 g/mol. The van der Waals surface area contributed by atoms with Crippen molar-refractivity contribution in [3.63, 3.8) is 0 Å². The fourth-order valence-corrected chi connectivity index (χ4v) is 2.13. The standard InChI is InChI=1S/C16H31N3O2/c1-3-17-16(18-10-5-6-12-20-4-2)19-11-7-15-8-13-21-14-9-15/h8H,3-7,9-14H2,1-2H3,(H2,17,18,19). The van der Waals surface area contributed by atoms with Gasteiger partial charge in [-0.1, -0.05) is 11.6 Å². The van der Waals surface area contributed by atoms with Crippen LogP contribution >= 0.6 is 0 Å². The van der Waals surface area contributed by atoms with Gasteiger partial charge in [0, 0.05) is 32.8 Å². The number of ether oxygens (including phenoxy) is 2. The summed E-state index contributed by atoms with van der Waals surface area (Å²) in [6, 6.07) is 0. The number of rotatable bonds is 10. The topological polar surface area (TPSA) is 54.9 Å². The van der Waals surface area contributed by atoms with Crippen molar-refractivity contribution in [2.75, 3.05) is 46.1 Å². The highest BCUT2D eigenvalue weighted by atomic mass is 16.5. The lowest BCUT2D eigenvalue weighted by atomic mass is 10.1. The maximum absolute atomic E-state index is 5.32. The fourth-order valence-electron chi connectivity index (χ4n) is 2.13. The molecular weight excluding hydrogens is 266 g/mol. The number of nitrogens with zero attached hydrogens (tertiary/aromatic N) is 1. The minimum absolute atomic E-state index is 0.767. The van der Waals surface area contributed by atoms with Gasteiger partial charge in [-0.3, -0.25) is 4.99 Å². The molecule has 122 valence electrons. The van der Waals surface area contributed by atoms with Gasteiger partial charge in [0.2, 0.25) is 0 Å². The molecule has 5 nitrogen and oxygen atoms in total. The lowest BCUT2D eigenvalue weighted by molar-refractivity contribution is 0.144. The van der Waals surface area contributed by atoms with Crippen LogP contribution in [0.3, 0.4) is 0 Å². The average Bonchev–Trinajstić information content (AvgIpc) is 2.51. The molecule has 1 aliphatic heterocycles. The lowest BCUT2D eigenvalue weighted by Gasteiger charge is -2.15. The molecule has 0 spiro atoms. The molecule has 0 bridgehead atoms. The van der Waals surface area contributed by atoms with Crippen LogP contribution in [0.15, 0.2) is 16.6 Å². The summed E-state index contributed by atoms with van der Waals surface area (Å²) in [4.78, 5) is 4.59. The van der Waals surface area contributed by atoms with E-state index in [4.69, 9.17) is 9.47 Å². The van der Waals surface area contributed by atoms with Crippen LogP contribution < -0.4 is 10.6 Å². The van der Waals surface area contributed by atoms with E-state index in [0.717, 1.165) is 77.7 Å². The van der Waals surface area contributed by atoms with Crippen molar-refractivity contribution in [1.82, 2.24) is 10.6 Å². The van der Waals surface area contributed by atoms with Crippen molar-refractivity contribution in [2.24, 2.45) is 4.99 Å². The summed E-state index contributed by atoms with van der Waals surface area (Å²) in [6.07, 6.45) is 6.47. The molecule has 1 heterocycles. The van der Waals surface area contributed by atoms with Crippen LogP contribution in [0, 0.1) is 0 Å². The van der Waals surface area contributed by atoms with Gasteiger partial charge in [0.25, 0.3) is 0 Å². The first-order valence-corrected chi connectivity index (χ1v) is 8.22. The van der Waals surface area contributed by atoms with Crippen molar-refractivity contribution in [3.8, 4) is 0 Å². The molecule has 21 heavy (non-hydrogen) atoms. The minimum Gasteiger partial charge on any atom is -0.382 e. The van der Waals surface area contributed by atoms with Gasteiger partial charge >= 0.3 is 0 Å². The third-order valence-electron chi connectivity index (χ3n) is 3.31. The van der Waals surface area contributed by atoms with Crippen LogP contribution in [-0.2, 0) is 9.47 Å². The highest BCUT2D eigenvalue weighted by Gasteiger charge is 2.04. The summed E-state index contributed by atoms with van der Waals surface area (Å²) >= 11 is 0. The van der Waals surface area contributed by atoms with Gasteiger partial charge in [-0.05, 0) is 39.5 Å². The Hall–Kier alpha value is -1.07. The maximum atomic E-state index is 5.32. The SMILES string of the molecule is CCNC(=NCCCCOCC)NCCC1=CCOCC1. The normalized spacial score (nSPS) is 15.7. The van der Waals surface area contributed by atoms with Crippen LogP contribution in [0.1, 0.15) is 39.5 Å². The van der Waals surface area contributed by atoms with Crippen molar-refractivity contribution in [3.05, 3.63) is 11.6 Å². The number of hydrogen-bond donors (Lipinski definition) is 2. The molecule has 2 N–H and O–H groups in total. The van der Waals surface area contributed by atoms with E-state index in [2.05, 4.69) is 28.6 Å². The molecule has 0 aromatic heterocycles. The molecule has 0 atom stereocenters. The molecule has 0 radical (unpaired) electrons. The molecule has 0 unspecified atom stereocenters. The Labute approximate surface area is 129 Å². The minimum atomic E-state index is 0.767. The van der Waals surface area contributed by atoms with E-state index in [1.807, 2.05) is 6.92 Å². The van der Waals surface area contributed by atoms with Gasteiger partial charge in [0.05, 0.1) is 13.2 Å². The molecular formula is C16H31N3O2. The number of aliphatic imine (C=N–C) groups is 1. The van der Waals surface area contributed by atoms with E-state index in [0.29, 0.717) is 0 Å². The van der Waals surface area contributed by atoms with Gasteiger partial charge in [0.1, 0.15) is 0 Å². The predicted molar refractivity (Wildman–Crippen MR) is 87.8 cm³/mol. The van der Waals surface area contributed by atoms with E-state index in [1.165, 1.54) is 5.57 Å². The Morgan fingerprint density at radius 3 is 2.95 bits per heavy atom. The predicted octanol–water partition coefficient (Wildman–Crippen LogP) is 2.09. The smallest absolute Gasteiger partial charge is 0.191 e. The summed E-state index contributed by atoms with van der Waals surface area (Å²) in [6.45, 7) is 10.0. The fraction of sp³-hybridized carbons (Fsp3) is 0.812. The molecule has 5 heteroatoms. The monoisotopic (exact) mass is 297 g/mol. The molecule has 1 rings (SSSR count). The van der Waals surface area contributed by atoms with Crippen LogP contribution in [0.5, 0.6) is 0 Å². The first kappa shape index (κ1) is 18.0.